The van der Waals surface area contributed by atoms with Crippen LogP contribution >= 0.6 is 7.82 Å². The molecule has 1 amide bonds. The number of nitrogens with one attached hydrogen (secondary N) is 1. The Labute approximate surface area is 488 Å². The van der Waals surface area contributed by atoms with Crippen molar-refractivity contribution in [3.63, 3.8) is 0 Å². The molecular weight excluding hydrogens is 1000 g/mol. The summed E-state index contributed by atoms with van der Waals surface area (Å²) < 4.78 is 30.7. The first-order chi connectivity index (χ1) is 38.4. The molecule has 0 radical (unpaired) electrons. The highest BCUT2D eigenvalue weighted by Crippen LogP contribution is 2.43. The second-order valence-corrected chi connectivity index (χ2v) is 24.4. The number of phosphoric ester groups is 1. The van der Waals surface area contributed by atoms with E-state index in [1.807, 2.05) is 39.4 Å². The third-order valence-corrected chi connectivity index (χ3v) is 15.0. The van der Waals surface area contributed by atoms with Crippen LogP contribution in [0.4, 0.5) is 0 Å². The molecule has 0 aliphatic carbocycles. The van der Waals surface area contributed by atoms with E-state index in [-0.39, 0.29) is 37.9 Å². The van der Waals surface area contributed by atoms with E-state index in [1.165, 1.54) is 148 Å². The Morgan fingerprint density at radius 1 is 0.456 bits per heavy atom. The first-order valence-electron chi connectivity index (χ1n) is 32.6. The fourth-order valence-electron chi connectivity index (χ4n) is 9.02. The van der Waals surface area contributed by atoms with Gasteiger partial charge in [-0.25, -0.2) is 4.57 Å². The van der Waals surface area contributed by atoms with Gasteiger partial charge >= 0.3 is 13.8 Å². The highest BCUT2D eigenvalue weighted by atomic mass is 31.2. The minimum Gasteiger partial charge on any atom is -0.456 e. The summed E-state index contributed by atoms with van der Waals surface area (Å²) in [7, 11) is 1.46. The molecule has 0 bridgehead atoms. The summed E-state index contributed by atoms with van der Waals surface area (Å²) in [4.78, 5) is 37.7. The number of rotatable bonds is 58. The molecule has 3 atom stereocenters. The molecule has 9 nitrogen and oxygen atoms in total. The van der Waals surface area contributed by atoms with Crippen molar-refractivity contribution in [2.24, 2.45) is 0 Å². The molecule has 3 unspecified atom stereocenters. The van der Waals surface area contributed by atoms with Crippen LogP contribution in [-0.4, -0.2) is 74.3 Å². The van der Waals surface area contributed by atoms with Gasteiger partial charge in [-0.15, -0.1) is 0 Å². The normalized spacial score (nSPS) is 14.3. The van der Waals surface area contributed by atoms with E-state index < -0.39 is 20.0 Å². The number of unbranched alkanes of at least 4 members (excludes halogenated alkanes) is 28. The third-order valence-electron chi connectivity index (χ3n) is 14.0. The second-order valence-electron chi connectivity index (χ2n) is 22.9. The number of amides is 1. The molecule has 10 heteroatoms. The Balaban J connectivity index is 5.14. The number of nitrogens with zero attached hydrogens (tertiary/aromatic N) is 1. The molecule has 79 heavy (non-hydrogen) atoms. The number of ether oxygens (including phenoxy) is 1. The van der Waals surface area contributed by atoms with Gasteiger partial charge in [-0.3, -0.25) is 18.6 Å². The van der Waals surface area contributed by atoms with E-state index in [1.54, 1.807) is 0 Å². The van der Waals surface area contributed by atoms with Crippen LogP contribution in [0.25, 0.3) is 0 Å². The summed E-state index contributed by atoms with van der Waals surface area (Å²) in [5.74, 6) is -0.587. The Kier molecular flexibility index (Phi) is 55.9. The molecule has 0 saturated heterocycles. The van der Waals surface area contributed by atoms with Crippen LogP contribution in [0, 0.1) is 0 Å². The smallest absolute Gasteiger partial charge is 0.456 e. The zero-order valence-corrected chi connectivity index (χ0v) is 53.0. The van der Waals surface area contributed by atoms with E-state index in [4.69, 9.17) is 13.8 Å². The van der Waals surface area contributed by atoms with E-state index in [9.17, 15) is 19.0 Å². The molecule has 0 saturated carbocycles. The predicted octanol–water partition coefficient (Wildman–Crippen LogP) is 20.3. The Morgan fingerprint density at radius 3 is 1.24 bits per heavy atom. The molecule has 0 aromatic heterocycles. The van der Waals surface area contributed by atoms with Crippen molar-refractivity contribution in [1.82, 2.24) is 5.32 Å². The first-order valence-corrected chi connectivity index (χ1v) is 34.1. The zero-order valence-electron chi connectivity index (χ0n) is 52.1. The molecule has 0 aromatic rings. The topological polar surface area (TPSA) is 111 Å². The van der Waals surface area contributed by atoms with Gasteiger partial charge in [-0.05, 0) is 96.0 Å². The molecule has 0 rings (SSSR count). The SMILES string of the molecule is CC/C=C\C/C=C\C/C=C\C/C=C\C/C=C\CCCCCCCCCCCCCC(=O)OC(/C=C\CCCCCCCCCCCCC)C(COP(=O)(O)OCC[N+](C)(C)C)NC(=O)CC/C=C/C/C=C\CCCCCCCC. The predicted molar refractivity (Wildman–Crippen MR) is 341 cm³/mol. The van der Waals surface area contributed by atoms with Gasteiger partial charge in [0, 0.05) is 12.8 Å². The lowest BCUT2D eigenvalue weighted by molar-refractivity contribution is -0.870. The number of quaternary nitrogens is 1. The van der Waals surface area contributed by atoms with Crippen molar-refractivity contribution < 1.29 is 37.3 Å². The lowest BCUT2D eigenvalue weighted by atomic mass is 10.0. The highest BCUT2D eigenvalue weighted by Gasteiger charge is 2.30. The van der Waals surface area contributed by atoms with Gasteiger partial charge in [0.2, 0.25) is 5.91 Å². The minimum atomic E-state index is -4.47. The number of likely N-dealkylation sites (N-methyl/N-ethyl adjacent to an activating group) is 1. The number of hydrogen-bond acceptors (Lipinski definition) is 6. The van der Waals surface area contributed by atoms with Crippen molar-refractivity contribution in [3.8, 4) is 0 Å². The van der Waals surface area contributed by atoms with Gasteiger partial charge in [-0.2, -0.15) is 0 Å². The van der Waals surface area contributed by atoms with Gasteiger partial charge in [0.15, 0.2) is 0 Å². The maximum atomic E-state index is 13.5. The summed E-state index contributed by atoms with van der Waals surface area (Å²) in [5.41, 5.74) is 0. The number of carbonyl (C=O) groups is 2. The highest BCUT2D eigenvalue weighted by molar-refractivity contribution is 7.47. The van der Waals surface area contributed by atoms with Crippen LogP contribution in [0.15, 0.2) is 97.2 Å². The lowest BCUT2D eigenvalue weighted by Crippen LogP contribution is -2.47. The fourth-order valence-corrected chi connectivity index (χ4v) is 9.75. The molecule has 0 aliphatic heterocycles. The Hall–Kier alpha value is -3.07. The van der Waals surface area contributed by atoms with Crippen LogP contribution < -0.4 is 5.32 Å². The van der Waals surface area contributed by atoms with Crippen LogP contribution in [0.5, 0.6) is 0 Å². The van der Waals surface area contributed by atoms with E-state index in [0.717, 1.165) is 89.9 Å². The molecule has 0 fully saturated rings. The maximum absolute atomic E-state index is 13.5. The standard InChI is InChI=1S/C69H123N2O7P/c1-7-10-13-16-19-22-25-28-29-30-31-32-33-34-35-36-37-38-39-40-41-44-47-50-53-56-59-62-69(73)78-67(60-57-54-51-48-45-42-26-23-20-17-14-11-8-2)66(65-77-79(74,75)76-64-63-71(4,5)6)70-68(72)61-58-55-52-49-46-43-27-24-21-18-15-12-9-3/h10,13,19,22,28-29,31-32,34-35,43,46,52,55,57,60,66-67H,7-9,11-12,14-18,20-21,23-27,30,33,36-42,44-45,47-51,53-54,56,58-59,61-65H2,1-6H3,(H-,70,72,74,75)/p+1/b13-10-,22-19-,29-28-,32-31-,35-34-,46-43-,55-52+,60-57-. The zero-order chi connectivity index (χ0) is 57.9. The van der Waals surface area contributed by atoms with E-state index in [0.29, 0.717) is 17.4 Å². The maximum Gasteiger partial charge on any atom is 0.472 e. The average Bonchev–Trinajstić information content (AvgIpc) is 3.41. The number of phosphoric acid groups is 1. The average molecular weight is 1120 g/mol. The van der Waals surface area contributed by atoms with Gasteiger partial charge < -0.3 is 19.4 Å². The van der Waals surface area contributed by atoms with Gasteiger partial charge in [-0.1, -0.05) is 266 Å². The second kappa shape index (κ2) is 58.1. The summed E-state index contributed by atoms with van der Waals surface area (Å²) in [5, 5.41) is 3.01. The van der Waals surface area contributed by atoms with Crippen LogP contribution in [-0.2, 0) is 27.9 Å². The molecule has 456 valence electrons. The first kappa shape index (κ1) is 75.9. The summed E-state index contributed by atoms with van der Waals surface area (Å²) in [6, 6.07) is -0.884. The Bertz CT molecular complexity index is 1670. The molecule has 0 aromatic carbocycles. The number of hydrogen-bond donors (Lipinski definition) is 2. The van der Waals surface area contributed by atoms with Crippen LogP contribution in [0.2, 0.25) is 0 Å². The van der Waals surface area contributed by atoms with Crippen LogP contribution in [0.3, 0.4) is 0 Å². The number of carbonyl (C=O) groups excluding carboxylic acids is 2. The van der Waals surface area contributed by atoms with E-state index in [2.05, 4.69) is 105 Å². The summed E-state index contributed by atoms with van der Waals surface area (Å²) >= 11 is 0. The molecule has 2 N–H and O–H groups in total. The van der Waals surface area contributed by atoms with Crippen molar-refractivity contribution in [3.05, 3.63) is 97.2 Å². The lowest BCUT2D eigenvalue weighted by Gasteiger charge is -2.27. The quantitative estimate of drug-likeness (QED) is 0.0205. The third kappa shape index (κ3) is 59.4. The van der Waals surface area contributed by atoms with Crippen molar-refractivity contribution in [2.75, 3.05) is 40.9 Å². The van der Waals surface area contributed by atoms with Crippen molar-refractivity contribution >= 4 is 19.7 Å². The van der Waals surface area contributed by atoms with E-state index >= 15 is 0 Å². The molecule has 0 aliphatic rings. The summed E-state index contributed by atoms with van der Waals surface area (Å²) in [6.45, 7) is 6.85. The summed E-state index contributed by atoms with van der Waals surface area (Å²) in [6.07, 6.45) is 78.6. The van der Waals surface area contributed by atoms with Gasteiger partial charge in [0.05, 0.1) is 33.8 Å². The molecular formula is C69H124N2O7P+. The Morgan fingerprint density at radius 2 is 0.823 bits per heavy atom. The fraction of sp³-hybridized carbons (Fsp3) is 0.739. The monoisotopic (exact) mass is 1120 g/mol. The van der Waals surface area contributed by atoms with Gasteiger partial charge in [0.25, 0.3) is 0 Å². The van der Waals surface area contributed by atoms with Crippen molar-refractivity contribution in [2.45, 2.75) is 290 Å². The van der Waals surface area contributed by atoms with Gasteiger partial charge in [0.1, 0.15) is 19.3 Å². The number of allylic oxidation sites excluding steroid dienone is 15. The minimum absolute atomic E-state index is 0.0274. The molecule has 0 heterocycles. The number of esters is 1. The molecule has 0 spiro atoms. The largest absolute Gasteiger partial charge is 0.472 e. The van der Waals surface area contributed by atoms with Crippen LogP contribution in [0.1, 0.15) is 278 Å². The van der Waals surface area contributed by atoms with Crippen molar-refractivity contribution in [1.29, 1.82) is 0 Å².